The molecule has 1 unspecified atom stereocenters. The maximum atomic E-state index is 12.5. The number of nitro groups is 2. The van der Waals surface area contributed by atoms with Gasteiger partial charge in [0.25, 0.3) is 17.8 Å². The summed E-state index contributed by atoms with van der Waals surface area (Å²) in [5, 5.41) is 22.1. The number of non-ortho nitro benzene ring substituents is 1. The summed E-state index contributed by atoms with van der Waals surface area (Å²) in [7, 11) is 2.56. The Balaban J connectivity index is 2.31. The van der Waals surface area contributed by atoms with Gasteiger partial charge in [-0.1, -0.05) is 0 Å². The third kappa shape index (κ3) is 4.98. The van der Waals surface area contributed by atoms with Gasteiger partial charge in [-0.3, -0.25) is 25.0 Å². The summed E-state index contributed by atoms with van der Waals surface area (Å²) in [6, 6.07) is 7.36. The summed E-state index contributed by atoms with van der Waals surface area (Å²) >= 11 is 0. The number of esters is 1. The van der Waals surface area contributed by atoms with E-state index in [4.69, 9.17) is 18.9 Å². The monoisotopic (exact) mass is 420 g/mol. The number of benzene rings is 2. The van der Waals surface area contributed by atoms with Crippen molar-refractivity contribution in [1.82, 2.24) is 0 Å². The zero-order valence-electron chi connectivity index (χ0n) is 15.8. The lowest BCUT2D eigenvalue weighted by atomic mass is 10.1. The number of nitrogens with zero attached hydrogens (tertiary/aromatic N) is 2. The van der Waals surface area contributed by atoms with Crippen molar-refractivity contribution in [3.05, 3.63) is 67.8 Å². The first kappa shape index (κ1) is 22.1. The van der Waals surface area contributed by atoms with Gasteiger partial charge in [0.05, 0.1) is 35.7 Å². The fourth-order valence-corrected chi connectivity index (χ4v) is 2.51. The normalized spacial score (nSPS) is 11.1. The van der Waals surface area contributed by atoms with E-state index in [1.807, 2.05) is 0 Å². The smallest absolute Gasteiger partial charge is 0.352 e. The van der Waals surface area contributed by atoms with Gasteiger partial charge in [0, 0.05) is 12.1 Å². The lowest BCUT2D eigenvalue weighted by Gasteiger charge is -2.17. The zero-order chi connectivity index (χ0) is 22.3. The fraction of sp³-hybridized carbons (Fsp3) is 0.222. The molecule has 0 heterocycles. The molecule has 0 saturated carbocycles. The first-order chi connectivity index (χ1) is 14.3. The van der Waals surface area contributed by atoms with E-state index in [0.717, 1.165) is 12.1 Å². The van der Waals surface area contributed by atoms with E-state index in [1.54, 1.807) is 0 Å². The first-order valence-corrected chi connectivity index (χ1v) is 8.21. The number of ether oxygens (including phenoxy) is 4. The van der Waals surface area contributed by atoms with Crippen molar-refractivity contribution in [2.24, 2.45) is 0 Å². The summed E-state index contributed by atoms with van der Waals surface area (Å²) in [5.74, 6) is -0.978. The van der Waals surface area contributed by atoms with Gasteiger partial charge in [-0.2, -0.15) is 0 Å². The molecule has 0 bridgehead atoms. The van der Waals surface area contributed by atoms with Crippen LogP contribution in [-0.4, -0.2) is 36.5 Å². The number of methoxy groups -OCH3 is 2. The summed E-state index contributed by atoms with van der Waals surface area (Å²) in [6.07, 6.45) is -1.75. The molecule has 1 atom stereocenters. The van der Waals surface area contributed by atoms with E-state index in [0.29, 0.717) is 5.56 Å². The minimum atomic E-state index is -1.75. The van der Waals surface area contributed by atoms with E-state index < -0.39 is 27.6 Å². The van der Waals surface area contributed by atoms with E-state index >= 15 is 0 Å². The molecule has 0 saturated heterocycles. The predicted molar refractivity (Wildman–Crippen MR) is 99.0 cm³/mol. The van der Waals surface area contributed by atoms with Crippen molar-refractivity contribution >= 4 is 23.8 Å². The number of hydrogen-bond acceptors (Lipinski definition) is 10. The molecule has 0 amide bonds. The van der Waals surface area contributed by atoms with E-state index in [2.05, 4.69) is 0 Å². The number of carbonyl (C=O) groups excluding carboxylic acids is 2. The average molecular weight is 420 g/mol. The fourth-order valence-electron chi connectivity index (χ4n) is 2.51. The highest BCUT2D eigenvalue weighted by atomic mass is 16.6. The molecule has 12 heteroatoms. The van der Waals surface area contributed by atoms with Gasteiger partial charge in [0.2, 0.25) is 6.10 Å². The van der Waals surface area contributed by atoms with Crippen molar-refractivity contribution in [1.29, 1.82) is 0 Å². The Morgan fingerprint density at radius 1 is 1.03 bits per heavy atom. The van der Waals surface area contributed by atoms with Crippen molar-refractivity contribution in [3.8, 4) is 11.5 Å². The van der Waals surface area contributed by atoms with Crippen LogP contribution in [0.5, 0.6) is 11.5 Å². The highest BCUT2D eigenvalue weighted by Crippen LogP contribution is 2.38. The Morgan fingerprint density at radius 2 is 1.63 bits per heavy atom. The summed E-state index contributed by atoms with van der Waals surface area (Å²) in [5.41, 5.74) is -0.556. The highest BCUT2D eigenvalue weighted by Gasteiger charge is 2.33. The summed E-state index contributed by atoms with van der Waals surface area (Å²) in [6.45, 7) is -0.352. The molecule has 0 aliphatic carbocycles. The van der Waals surface area contributed by atoms with Crippen LogP contribution in [0.15, 0.2) is 36.4 Å². The molecule has 0 aliphatic rings. The minimum Gasteiger partial charge on any atom is -0.493 e. The van der Waals surface area contributed by atoms with Gasteiger partial charge in [0.15, 0.2) is 11.5 Å². The summed E-state index contributed by atoms with van der Waals surface area (Å²) < 4.78 is 19.9. The molecule has 158 valence electrons. The first-order valence-electron chi connectivity index (χ1n) is 8.21. The Labute approximate surface area is 169 Å². The van der Waals surface area contributed by atoms with Crippen LogP contribution in [0.3, 0.4) is 0 Å². The van der Waals surface area contributed by atoms with E-state index in [-0.39, 0.29) is 35.8 Å². The Hall–Kier alpha value is -4.22. The van der Waals surface area contributed by atoms with Crippen molar-refractivity contribution in [2.75, 3.05) is 14.2 Å². The molecule has 0 aliphatic heterocycles. The minimum absolute atomic E-state index is 0.0389. The molecule has 0 fully saturated rings. The zero-order valence-corrected chi connectivity index (χ0v) is 15.8. The molecule has 0 radical (unpaired) electrons. The maximum Gasteiger partial charge on any atom is 0.352 e. The lowest BCUT2D eigenvalue weighted by Crippen LogP contribution is -2.20. The summed E-state index contributed by atoms with van der Waals surface area (Å²) in [4.78, 5) is 44.2. The van der Waals surface area contributed by atoms with Crippen LogP contribution in [0.25, 0.3) is 0 Å². The number of nitro benzene ring substituents is 2. The van der Waals surface area contributed by atoms with Crippen LogP contribution >= 0.6 is 0 Å². The molecule has 2 aromatic carbocycles. The van der Waals surface area contributed by atoms with Crippen LogP contribution in [0.4, 0.5) is 11.4 Å². The molecule has 2 rings (SSSR count). The molecule has 2 aromatic rings. The van der Waals surface area contributed by atoms with Gasteiger partial charge in [-0.05, 0) is 23.8 Å². The Morgan fingerprint density at radius 3 is 2.13 bits per heavy atom. The van der Waals surface area contributed by atoms with Gasteiger partial charge in [-0.15, -0.1) is 0 Å². The van der Waals surface area contributed by atoms with Crippen molar-refractivity contribution in [3.63, 3.8) is 0 Å². The van der Waals surface area contributed by atoms with Gasteiger partial charge in [-0.25, -0.2) is 4.79 Å². The lowest BCUT2D eigenvalue weighted by molar-refractivity contribution is -0.386. The standard InChI is InChI=1S/C18H16N2O10/c1-27-15-7-13(14(20(25)26)8-16(15)28-2)17(30-10-21)18(22)29-9-11-3-5-12(6-4-11)19(23)24/h3-8,10,17H,9H2,1-2H3. The second-order valence-electron chi connectivity index (χ2n) is 5.67. The Kier molecular flexibility index (Phi) is 7.22. The second kappa shape index (κ2) is 9.82. The number of carbonyl (C=O) groups is 2. The van der Waals surface area contributed by atoms with E-state index in [9.17, 15) is 29.8 Å². The van der Waals surface area contributed by atoms with Crippen LogP contribution in [0.1, 0.15) is 17.2 Å². The highest BCUT2D eigenvalue weighted by molar-refractivity contribution is 5.80. The van der Waals surface area contributed by atoms with Crippen molar-refractivity contribution in [2.45, 2.75) is 12.7 Å². The average Bonchev–Trinajstić information content (AvgIpc) is 2.75. The Bertz CT molecular complexity index is 958. The van der Waals surface area contributed by atoms with Crippen LogP contribution in [-0.2, 0) is 25.7 Å². The molecular weight excluding hydrogens is 404 g/mol. The predicted octanol–water partition coefficient (Wildman–Crippen LogP) is 2.48. The molecule has 0 N–H and O–H groups in total. The van der Waals surface area contributed by atoms with E-state index in [1.165, 1.54) is 38.5 Å². The van der Waals surface area contributed by atoms with Gasteiger partial charge < -0.3 is 18.9 Å². The quantitative estimate of drug-likeness (QED) is 0.242. The van der Waals surface area contributed by atoms with Gasteiger partial charge >= 0.3 is 5.97 Å². The largest absolute Gasteiger partial charge is 0.493 e. The van der Waals surface area contributed by atoms with Crippen LogP contribution < -0.4 is 9.47 Å². The number of rotatable bonds is 10. The second-order valence-corrected chi connectivity index (χ2v) is 5.67. The third-order valence-corrected chi connectivity index (χ3v) is 3.95. The molecule has 12 nitrogen and oxygen atoms in total. The third-order valence-electron chi connectivity index (χ3n) is 3.95. The van der Waals surface area contributed by atoms with Crippen LogP contribution in [0.2, 0.25) is 0 Å². The molecule has 30 heavy (non-hydrogen) atoms. The SMILES string of the molecule is COc1cc(C(OC=O)C(=O)OCc2ccc([N+](=O)[O-])cc2)c([N+](=O)[O-])cc1OC. The maximum absolute atomic E-state index is 12.5. The molecular formula is C18H16N2O10. The van der Waals surface area contributed by atoms with Crippen molar-refractivity contribution < 1.29 is 38.4 Å². The molecule has 0 spiro atoms. The topological polar surface area (TPSA) is 157 Å². The van der Waals surface area contributed by atoms with Gasteiger partial charge in [0.1, 0.15) is 6.61 Å². The molecule has 0 aromatic heterocycles. The number of hydrogen-bond donors (Lipinski definition) is 0. The van der Waals surface area contributed by atoms with Crippen LogP contribution in [0, 0.1) is 20.2 Å².